The minimum atomic E-state index is -4.19. The molecule has 22 heteroatoms. The van der Waals surface area contributed by atoms with Crippen LogP contribution in [-0.2, 0) is 41.0 Å². The molecule has 2 aliphatic carbocycles. The third kappa shape index (κ3) is 19.7. The number of hydrogen-bond acceptors (Lipinski definition) is 13. The van der Waals surface area contributed by atoms with E-state index in [1.54, 1.807) is 11.8 Å². The Morgan fingerprint density at radius 3 is 2.14 bits per heavy atom. The predicted octanol–water partition coefficient (Wildman–Crippen LogP) is 19.6. The first-order valence-electron chi connectivity index (χ1n) is 40.3. The lowest BCUT2D eigenvalue weighted by Crippen LogP contribution is -2.38. The highest BCUT2D eigenvalue weighted by atomic mass is 32.2. The Morgan fingerprint density at radius 2 is 1.43 bits per heavy atom. The van der Waals surface area contributed by atoms with Crippen LogP contribution in [0.25, 0.3) is 54.8 Å². The summed E-state index contributed by atoms with van der Waals surface area (Å²) in [5.74, 6) is -2.02. The van der Waals surface area contributed by atoms with Gasteiger partial charge < -0.3 is 36.0 Å². The molecule has 8 N–H and O–H groups in total. The normalized spacial score (nSPS) is 17.0. The van der Waals surface area contributed by atoms with Crippen LogP contribution in [0.5, 0.6) is 0 Å². The highest BCUT2D eigenvalue weighted by Gasteiger charge is 2.37. The van der Waals surface area contributed by atoms with E-state index in [0.29, 0.717) is 63.1 Å². The molecule has 5 heterocycles. The van der Waals surface area contributed by atoms with Crippen molar-refractivity contribution < 1.29 is 49.6 Å². The van der Waals surface area contributed by atoms with Crippen molar-refractivity contribution in [2.45, 2.75) is 189 Å². The molecule has 8 aromatic rings. The molecule has 2 unspecified atom stereocenters. The molecule has 19 nitrogen and oxygen atoms in total. The second-order valence-corrected chi connectivity index (χ2v) is 35.3. The number of anilines is 2. The van der Waals surface area contributed by atoms with Crippen molar-refractivity contribution in [3.05, 3.63) is 223 Å². The van der Waals surface area contributed by atoms with Crippen LogP contribution in [0.1, 0.15) is 216 Å². The molecular weight excluding hydrogens is 1490 g/mol. The number of nitrogens with zero attached hydrogens (tertiary/aromatic N) is 4. The average Bonchev–Trinajstić information content (AvgIpc) is 1.56. The number of thioether (sulfide) groups is 1. The van der Waals surface area contributed by atoms with Crippen molar-refractivity contribution in [3.63, 3.8) is 0 Å². The summed E-state index contributed by atoms with van der Waals surface area (Å²) in [6.45, 7) is 25.0. The molecule has 12 rings (SSSR count). The quantitative estimate of drug-likeness (QED) is 0.00662. The van der Waals surface area contributed by atoms with Crippen LogP contribution < -0.4 is 21.3 Å². The summed E-state index contributed by atoms with van der Waals surface area (Å²) in [5.41, 5.74) is 28.0. The lowest BCUT2D eigenvalue weighted by molar-refractivity contribution is -0.441. The summed E-state index contributed by atoms with van der Waals surface area (Å²) >= 11 is 1.58. The number of nitrogen functional groups attached to an aromatic ring is 1. The Hall–Kier alpha value is -9.55. The third-order valence-corrected chi connectivity index (χ3v) is 26.1. The zero-order valence-corrected chi connectivity index (χ0v) is 70.1. The summed E-state index contributed by atoms with van der Waals surface area (Å²) in [4.78, 5) is 66.1. The summed E-state index contributed by atoms with van der Waals surface area (Å²) in [7, 11) is -8.38. The molecule has 600 valence electrons. The van der Waals surface area contributed by atoms with Crippen molar-refractivity contribution in [2.24, 2.45) is 5.92 Å². The van der Waals surface area contributed by atoms with Gasteiger partial charge in [0.25, 0.3) is 20.2 Å². The number of rotatable bonds is 33. The molecule has 8 bridgehead atoms. The number of aromatic amines is 2. The summed E-state index contributed by atoms with van der Waals surface area (Å²) in [6.07, 6.45) is 16.1. The van der Waals surface area contributed by atoms with Crippen LogP contribution in [0.15, 0.2) is 166 Å². The fourth-order valence-corrected chi connectivity index (χ4v) is 19.1. The molecule has 0 radical (unpaired) electrons. The van der Waals surface area contributed by atoms with E-state index in [1.165, 1.54) is 0 Å². The first-order chi connectivity index (χ1) is 54.6. The standard InChI is InChI=1S/C92H109N9O10S3/c1-12-14-15-22-47-111-64(11)87-62(9)79-53-78-59(6)75(89(98-78)76-52-85(102)88-63(10)80(99-90(76)88)54-81-72(13-2)58(5)77(96-81)55-82(87)97-79)39-42-86(103)94-43-44-95-92(104)69-50-67(31-29-56(3)100(45-20-23-48-113(105,106)107)83-40-33-65-25-16-18-27-73(65)60(83)7)91(112-71-37-35-70(93)36-38-71)68(51-69)32-30-57(4)101(46-21-24-49-114(108,109)110)84-41-34-66-26-17-19-28-74(66)61(84)8/h16-19,25-38,40-41,53-55,59,64,69,75H,12-15,20-24,39,42-52,93H2,1-11H3,(H5-,94,95,96,97,98,99,102,103,104,105,106,107,108,109,110)/p+1/t59-,64?,75-/m0/s1. The van der Waals surface area contributed by atoms with Crippen LogP contribution >= 0.6 is 11.8 Å². The van der Waals surface area contributed by atoms with Crippen LogP contribution in [0, 0.1) is 33.6 Å². The largest absolute Gasteiger partial charge is 0.399 e. The van der Waals surface area contributed by atoms with Gasteiger partial charge in [0, 0.05) is 154 Å². The van der Waals surface area contributed by atoms with E-state index in [1.807, 2.05) is 69.3 Å². The van der Waals surface area contributed by atoms with Gasteiger partial charge in [-0.25, -0.2) is 4.98 Å². The number of fused-ring (bicyclic) bond motifs is 10. The number of ketones is 1. The number of unbranched alkanes of at least 4 members (excludes halogenated alkanes) is 5. The van der Waals surface area contributed by atoms with Gasteiger partial charge in [-0.1, -0.05) is 119 Å². The van der Waals surface area contributed by atoms with E-state index >= 15 is 4.79 Å². The Bertz CT molecular complexity index is 5650. The monoisotopic (exact) mass is 1600 g/mol. The van der Waals surface area contributed by atoms with E-state index in [4.69, 9.17) is 20.4 Å². The first-order valence-corrected chi connectivity index (χ1v) is 44.4. The maximum Gasteiger partial charge on any atom is 0.264 e. The lowest BCUT2D eigenvalue weighted by Gasteiger charge is -2.29. The topological polar surface area (TPSA) is 283 Å². The molecule has 0 saturated heterocycles. The molecule has 2 aliphatic heterocycles. The third-order valence-electron chi connectivity index (χ3n) is 23.2. The van der Waals surface area contributed by atoms with Gasteiger partial charge >= 0.3 is 0 Å². The van der Waals surface area contributed by atoms with E-state index in [2.05, 4.69) is 177 Å². The number of carbonyl (C=O) groups excluding carboxylic acids is 3. The Labute approximate surface area is 675 Å². The molecule has 0 fully saturated rings. The van der Waals surface area contributed by atoms with Gasteiger partial charge in [0.05, 0.1) is 40.2 Å². The van der Waals surface area contributed by atoms with Crippen LogP contribution in [-0.4, -0.2) is 118 Å². The van der Waals surface area contributed by atoms with E-state index < -0.39 is 26.2 Å². The van der Waals surface area contributed by atoms with Crippen molar-refractivity contribution in [2.75, 3.05) is 54.9 Å². The van der Waals surface area contributed by atoms with Gasteiger partial charge in [0.15, 0.2) is 11.5 Å². The molecule has 114 heavy (non-hydrogen) atoms. The lowest BCUT2D eigenvalue weighted by atomic mass is 9.84. The zero-order chi connectivity index (χ0) is 81.3. The summed E-state index contributed by atoms with van der Waals surface area (Å²) in [6, 6.07) is 38.7. The molecular formula is C92H110N9O10S3+. The van der Waals surface area contributed by atoms with Gasteiger partial charge in [-0.15, -0.1) is 0 Å². The zero-order valence-electron chi connectivity index (χ0n) is 67.7. The van der Waals surface area contributed by atoms with Gasteiger partial charge in [0.2, 0.25) is 17.5 Å². The fraction of sp³-hybridized carbons (Fsp3) is 0.391. The molecule has 2 amide bonds. The fourth-order valence-electron chi connectivity index (χ4n) is 16.8. The number of nitrogens with two attached hydrogens (primary N) is 1. The van der Waals surface area contributed by atoms with Crippen molar-refractivity contribution in [3.8, 4) is 0 Å². The van der Waals surface area contributed by atoms with E-state index in [-0.39, 0.29) is 85.8 Å². The second kappa shape index (κ2) is 36.9. The summed E-state index contributed by atoms with van der Waals surface area (Å²) in [5, 5.41) is 10.7. The average molecular weight is 1600 g/mol. The van der Waals surface area contributed by atoms with Crippen molar-refractivity contribution in [1.82, 2.24) is 30.6 Å². The number of nitrogens with one attached hydrogen (secondary N) is 4. The Balaban J connectivity index is 0.852. The number of benzene rings is 5. The second-order valence-electron chi connectivity index (χ2n) is 31.1. The minimum Gasteiger partial charge on any atom is -0.399 e. The van der Waals surface area contributed by atoms with Crippen molar-refractivity contribution in [1.29, 1.82) is 0 Å². The number of H-pyrrole nitrogens is 2. The molecule has 5 aromatic carbocycles. The number of carbonyl (C=O) groups is 3. The number of aromatic nitrogens is 4. The molecule has 0 spiro atoms. The molecule has 4 aliphatic rings. The number of allylic oxidation sites excluding steroid dienone is 9. The van der Waals surface area contributed by atoms with Crippen LogP contribution in [0.3, 0.4) is 0 Å². The highest BCUT2D eigenvalue weighted by Crippen LogP contribution is 2.47. The smallest absolute Gasteiger partial charge is 0.264 e. The van der Waals surface area contributed by atoms with Crippen LogP contribution in [0.2, 0.25) is 0 Å². The number of aryl methyl sites for hydroxylation is 4. The SMILES string of the molecule is CCCCCCOC(C)c1c(C)c2cc3nc(c4c5[nH]c(cc6nc(cc1[nH]2)C(C)=C6CC)c(C)c5C(=O)C4)[C@@H](CCC(=O)NCCNC(=O)C1CC(/C=C/C(C)=[N+](\CCCCS(=O)(=O)O)c2ccc4ccccc4c2C)=C(Sc2ccc(N)cc2)C(=C/C=C(\C)N(CCCCS(=O)(=O)O)c2ccc4ccccc4c2C)/C1)[C@@H]3C. The summed E-state index contributed by atoms with van der Waals surface area (Å²) < 4.78 is 76.2. The van der Waals surface area contributed by atoms with E-state index in [9.17, 15) is 35.5 Å². The molecule has 3 aromatic heterocycles. The predicted molar refractivity (Wildman–Crippen MR) is 465 cm³/mol. The Kier molecular flexibility index (Phi) is 27.2. The Morgan fingerprint density at radius 1 is 0.754 bits per heavy atom. The van der Waals surface area contributed by atoms with Gasteiger partial charge in [-0.2, -0.15) is 21.4 Å². The van der Waals surface area contributed by atoms with Crippen molar-refractivity contribution >= 4 is 127 Å². The number of Topliss-reactive ketones (excluding diaryl/α,β-unsaturated/α-hetero) is 1. The number of hydrogen-bond donors (Lipinski definition) is 7. The highest BCUT2D eigenvalue weighted by molar-refractivity contribution is 8.03. The van der Waals surface area contributed by atoms with Gasteiger partial charge in [-0.05, 0) is 221 Å². The van der Waals surface area contributed by atoms with Gasteiger partial charge in [0.1, 0.15) is 6.54 Å². The number of ether oxygens (including phenoxy) is 1. The number of amides is 2. The maximum absolute atomic E-state index is 15.1. The van der Waals surface area contributed by atoms with Gasteiger partial charge in [-0.3, -0.25) is 28.5 Å². The molecule has 4 atom stereocenters. The van der Waals surface area contributed by atoms with Crippen LogP contribution in [0.4, 0.5) is 17.1 Å². The maximum atomic E-state index is 15.1. The minimum absolute atomic E-state index is 0.0261. The molecule has 0 saturated carbocycles. The van der Waals surface area contributed by atoms with E-state index in [0.717, 1.165) is 187 Å². The first kappa shape index (κ1) is 83.9.